The molecular formula is C13H17BrClN3S. The summed E-state index contributed by atoms with van der Waals surface area (Å²) >= 11 is 11.6. The summed E-state index contributed by atoms with van der Waals surface area (Å²) in [7, 11) is 3.93. The third kappa shape index (κ3) is 3.21. The average molecular weight is 363 g/mol. The van der Waals surface area contributed by atoms with Gasteiger partial charge in [-0.1, -0.05) is 18.5 Å². The van der Waals surface area contributed by atoms with Gasteiger partial charge in [0.2, 0.25) is 0 Å². The van der Waals surface area contributed by atoms with Crippen molar-refractivity contribution in [2.24, 2.45) is 7.05 Å². The molecule has 1 N–H and O–H groups in total. The molecule has 0 aromatic carbocycles. The number of halogens is 2. The maximum Gasteiger partial charge on any atom is 0.0850 e. The van der Waals surface area contributed by atoms with Crippen molar-refractivity contribution in [2.45, 2.75) is 25.8 Å². The van der Waals surface area contributed by atoms with Crippen LogP contribution in [-0.4, -0.2) is 16.8 Å². The minimum atomic E-state index is 0.250. The van der Waals surface area contributed by atoms with E-state index in [1.807, 2.05) is 18.8 Å². The second kappa shape index (κ2) is 6.39. The summed E-state index contributed by atoms with van der Waals surface area (Å²) in [6.45, 7) is 2.07. The molecule has 2 heterocycles. The topological polar surface area (TPSA) is 29.9 Å². The first-order valence-electron chi connectivity index (χ1n) is 6.18. The second-order valence-electron chi connectivity index (χ2n) is 4.41. The van der Waals surface area contributed by atoms with Crippen LogP contribution in [0.3, 0.4) is 0 Å². The Bertz CT molecular complexity index is 564. The molecule has 0 fully saturated rings. The third-order valence-electron chi connectivity index (χ3n) is 3.24. The highest BCUT2D eigenvalue weighted by Gasteiger charge is 2.19. The van der Waals surface area contributed by atoms with Crippen molar-refractivity contribution in [2.75, 3.05) is 7.05 Å². The lowest BCUT2D eigenvalue weighted by molar-refractivity contribution is 0.562. The molecule has 0 saturated heterocycles. The molecule has 0 bridgehead atoms. The Balaban J connectivity index is 2.26. The number of nitrogens with zero attached hydrogens (tertiary/aromatic N) is 2. The van der Waals surface area contributed by atoms with Crippen molar-refractivity contribution < 1.29 is 0 Å². The molecular weight excluding hydrogens is 346 g/mol. The quantitative estimate of drug-likeness (QED) is 0.872. The number of rotatable bonds is 5. The van der Waals surface area contributed by atoms with Crippen LogP contribution >= 0.6 is 38.9 Å². The lowest BCUT2D eigenvalue weighted by Crippen LogP contribution is -2.19. The van der Waals surface area contributed by atoms with E-state index in [2.05, 4.69) is 44.7 Å². The van der Waals surface area contributed by atoms with Gasteiger partial charge in [-0.3, -0.25) is 4.68 Å². The van der Waals surface area contributed by atoms with Crippen LogP contribution in [-0.2, 0) is 19.9 Å². The van der Waals surface area contributed by atoms with Crippen LogP contribution in [0.1, 0.15) is 29.9 Å². The molecule has 3 nitrogen and oxygen atoms in total. The number of aromatic nitrogens is 2. The zero-order valence-corrected chi connectivity index (χ0v) is 14.4. The molecule has 6 heteroatoms. The third-order valence-corrected chi connectivity index (χ3v) is 5.20. The Morgan fingerprint density at radius 1 is 1.58 bits per heavy atom. The fourth-order valence-electron chi connectivity index (χ4n) is 2.13. The number of nitrogens with one attached hydrogen (secondary N) is 1. The number of likely N-dealkylation sites (N-methyl/N-ethyl adjacent to an activating group) is 1. The van der Waals surface area contributed by atoms with Gasteiger partial charge in [0.1, 0.15) is 0 Å². The summed E-state index contributed by atoms with van der Waals surface area (Å²) in [5.74, 6) is 0. The largest absolute Gasteiger partial charge is 0.313 e. The SMILES string of the molecule is CCc1nn(C)c(CC(NC)c2csc(Br)c2)c1Cl. The van der Waals surface area contributed by atoms with Gasteiger partial charge in [0, 0.05) is 19.5 Å². The molecule has 0 aliphatic heterocycles. The van der Waals surface area contributed by atoms with Crippen molar-refractivity contribution >= 4 is 38.9 Å². The van der Waals surface area contributed by atoms with E-state index in [-0.39, 0.29) is 6.04 Å². The standard InChI is InChI=1S/C13H17BrClN3S/c1-4-9-13(15)11(18(3)17-9)6-10(16-2)8-5-12(14)19-7-8/h5,7,10,16H,4,6H2,1-3H3. The normalized spacial score (nSPS) is 12.9. The maximum atomic E-state index is 6.41. The first-order chi connectivity index (χ1) is 9.06. The van der Waals surface area contributed by atoms with Gasteiger partial charge in [0.15, 0.2) is 0 Å². The second-order valence-corrected chi connectivity index (χ2v) is 7.08. The predicted octanol–water partition coefficient (Wildman–Crippen LogP) is 3.96. The molecule has 0 aliphatic rings. The maximum absolute atomic E-state index is 6.41. The van der Waals surface area contributed by atoms with Crippen LogP contribution in [0.5, 0.6) is 0 Å². The fourth-order valence-corrected chi connectivity index (χ4v) is 3.73. The fraction of sp³-hybridized carbons (Fsp3) is 0.462. The number of aryl methyl sites for hydroxylation is 2. The van der Waals surface area contributed by atoms with Gasteiger partial charge in [-0.15, -0.1) is 11.3 Å². The Hall–Kier alpha value is -0.360. The molecule has 2 aromatic rings. The van der Waals surface area contributed by atoms with E-state index in [0.717, 1.165) is 33.0 Å². The summed E-state index contributed by atoms with van der Waals surface area (Å²) in [6.07, 6.45) is 1.70. The van der Waals surface area contributed by atoms with Crippen LogP contribution in [0.2, 0.25) is 5.02 Å². The van der Waals surface area contributed by atoms with Gasteiger partial charge in [-0.05, 0) is 46.4 Å². The smallest absolute Gasteiger partial charge is 0.0850 e. The Kier molecular flexibility index (Phi) is 5.06. The molecule has 1 unspecified atom stereocenters. The molecule has 104 valence electrons. The Morgan fingerprint density at radius 3 is 2.79 bits per heavy atom. The van der Waals surface area contributed by atoms with Gasteiger partial charge in [-0.2, -0.15) is 5.10 Å². The van der Waals surface area contributed by atoms with Crippen LogP contribution < -0.4 is 5.32 Å². The summed E-state index contributed by atoms with van der Waals surface area (Å²) in [6, 6.07) is 2.40. The Morgan fingerprint density at radius 2 is 2.32 bits per heavy atom. The summed E-state index contributed by atoms with van der Waals surface area (Å²) in [5, 5.41) is 10.8. The van der Waals surface area contributed by atoms with E-state index >= 15 is 0 Å². The van der Waals surface area contributed by atoms with Crippen LogP contribution in [0.4, 0.5) is 0 Å². The number of hydrogen-bond donors (Lipinski definition) is 1. The lowest BCUT2D eigenvalue weighted by Gasteiger charge is -2.15. The molecule has 0 saturated carbocycles. The monoisotopic (exact) mass is 361 g/mol. The first-order valence-corrected chi connectivity index (χ1v) is 8.23. The van der Waals surface area contributed by atoms with Gasteiger partial charge in [-0.25, -0.2) is 0 Å². The summed E-state index contributed by atoms with van der Waals surface area (Å²) in [4.78, 5) is 0. The van der Waals surface area contributed by atoms with Gasteiger partial charge in [0.25, 0.3) is 0 Å². The van der Waals surface area contributed by atoms with Crippen molar-refractivity contribution in [3.05, 3.63) is 37.2 Å². The highest BCUT2D eigenvalue weighted by atomic mass is 79.9. The van der Waals surface area contributed by atoms with E-state index in [9.17, 15) is 0 Å². The molecule has 2 aromatic heterocycles. The van der Waals surface area contributed by atoms with Gasteiger partial charge >= 0.3 is 0 Å². The average Bonchev–Trinajstić information content (AvgIpc) is 2.92. The van der Waals surface area contributed by atoms with Gasteiger partial charge < -0.3 is 5.32 Å². The molecule has 2 rings (SSSR count). The minimum absolute atomic E-state index is 0.250. The molecule has 0 aliphatic carbocycles. The molecule has 0 radical (unpaired) electrons. The number of hydrogen-bond acceptors (Lipinski definition) is 3. The minimum Gasteiger partial charge on any atom is -0.313 e. The highest BCUT2D eigenvalue weighted by Crippen LogP contribution is 2.30. The lowest BCUT2D eigenvalue weighted by atomic mass is 10.1. The van der Waals surface area contributed by atoms with Gasteiger partial charge in [0.05, 0.1) is 20.2 Å². The molecule has 19 heavy (non-hydrogen) atoms. The molecule has 0 amide bonds. The number of thiophene rings is 1. The van der Waals surface area contributed by atoms with Crippen molar-refractivity contribution in [1.29, 1.82) is 0 Å². The van der Waals surface area contributed by atoms with E-state index in [4.69, 9.17) is 11.6 Å². The first kappa shape index (κ1) is 15.0. The van der Waals surface area contributed by atoms with Crippen LogP contribution in [0.25, 0.3) is 0 Å². The van der Waals surface area contributed by atoms with Crippen molar-refractivity contribution in [3.8, 4) is 0 Å². The zero-order chi connectivity index (χ0) is 14.0. The van der Waals surface area contributed by atoms with E-state index < -0.39 is 0 Å². The summed E-state index contributed by atoms with van der Waals surface area (Å²) in [5.41, 5.74) is 3.33. The van der Waals surface area contributed by atoms with Crippen LogP contribution in [0.15, 0.2) is 15.2 Å². The predicted molar refractivity (Wildman–Crippen MR) is 85.1 cm³/mol. The Labute approximate surface area is 131 Å². The molecule has 1 atom stereocenters. The molecule has 0 spiro atoms. The zero-order valence-electron chi connectivity index (χ0n) is 11.2. The van der Waals surface area contributed by atoms with Crippen LogP contribution in [0, 0.1) is 0 Å². The highest BCUT2D eigenvalue weighted by molar-refractivity contribution is 9.11. The van der Waals surface area contributed by atoms with E-state index in [0.29, 0.717) is 0 Å². The van der Waals surface area contributed by atoms with E-state index in [1.165, 1.54) is 5.56 Å². The van der Waals surface area contributed by atoms with Crippen molar-refractivity contribution in [3.63, 3.8) is 0 Å². The summed E-state index contributed by atoms with van der Waals surface area (Å²) < 4.78 is 3.04. The van der Waals surface area contributed by atoms with Crippen molar-refractivity contribution in [1.82, 2.24) is 15.1 Å². The van der Waals surface area contributed by atoms with E-state index in [1.54, 1.807) is 11.3 Å².